The van der Waals surface area contributed by atoms with E-state index in [1.165, 1.54) is 0 Å². The molecule has 31 heavy (non-hydrogen) atoms. The van der Waals surface area contributed by atoms with E-state index in [-0.39, 0.29) is 13.2 Å². The van der Waals surface area contributed by atoms with Crippen LogP contribution in [-0.4, -0.2) is 15.3 Å². The Morgan fingerprint density at radius 3 is 2.13 bits per heavy atom. The van der Waals surface area contributed by atoms with E-state index in [9.17, 15) is 15.3 Å². The lowest BCUT2D eigenvalue weighted by Crippen LogP contribution is -2.23. The van der Waals surface area contributed by atoms with Crippen LogP contribution in [0.4, 0.5) is 0 Å². The van der Waals surface area contributed by atoms with Gasteiger partial charge in [-0.15, -0.1) is 0 Å². The van der Waals surface area contributed by atoms with E-state index in [2.05, 4.69) is 18.2 Å². The highest BCUT2D eigenvalue weighted by Gasteiger charge is 2.24. The maximum absolute atomic E-state index is 10.8. The van der Waals surface area contributed by atoms with E-state index >= 15 is 0 Å². The van der Waals surface area contributed by atoms with Crippen molar-refractivity contribution >= 4 is 0 Å². The summed E-state index contributed by atoms with van der Waals surface area (Å²) in [7, 11) is 0. The molecule has 0 aromatic heterocycles. The van der Waals surface area contributed by atoms with Crippen LogP contribution < -0.4 is 4.74 Å². The molecule has 0 radical (unpaired) electrons. The van der Waals surface area contributed by atoms with Crippen LogP contribution in [0.3, 0.4) is 0 Å². The van der Waals surface area contributed by atoms with Crippen molar-refractivity contribution in [2.75, 3.05) is 0 Å². The predicted octanol–water partition coefficient (Wildman–Crippen LogP) is 5.23. The molecule has 0 saturated carbocycles. The van der Waals surface area contributed by atoms with E-state index in [4.69, 9.17) is 4.74 Å². The Hall–Kier alpha value is -2.66. The second kappa shape index (κ2) is 10.1. The minimum absolute atomic E-state index is 0.0924. The van der Waals surface area contributed by atoms with Crippen molar-refractivity contribution < 1.29 is 20.1 Å². The van der Waals surface area contributed by atoms with Gasteiger partial charge in [-0.05, 0) is 70.8 Å². The number of aliphatic hydroxyl groups is 3. The van der Waals surface area contributed by atoms with Gasteiger partial charge in [0.15, 0.2) is 0 Å². The maximum Gasteiger partial charge on any atom is 0.123 e. The lowest BCUT2D eigenvalue weighted by atomic mass is 9.87. The maximum atomic E-state index is 10.8. The fourth-order valence-electron chi connectivity index (χ4n) is 3.93. The van der Waals surface area contributed by atoms with Gasteiger partial charge in [-0.3, -0.25) is 0 Å². The Balaban J connectivity index is 1.80. The van der Waals surface area contributed by atoms with Gasteiger partial charge in [0, 0.05) is 0 Å². The number of ether oxygens (including phenoxy) is 1. The second-order valence-corrected chi connectivity index (χ2v) is 7.95. The van der Waals surface area contributed by atoms with Crippen molar-refractivity contribution in [2.24, 2.45) is 0 Å². The summed E-state index contributed by atoms with van der Waals surface area (Å²) in [6, 6.07) is 19.7. The largest absolute Gasteiger partial charge is 0.489 e. The SMILES string of the molecule is CCC(O)(CC)c1ccc(-c2cccc(OCc3ccc(CO)c(CO)c3)c2C)cc1. The standard InChI is InChI=1S/C27H32O4/c1-4-27(30,5-2)24-13-11-21(12-14-24)25-7-6-8-26(19(25)3)31-18-20-9-10-22(16-28)23(15-20)17-29/h6-15,28-30H,4-5,16-18H2,1-3H3. The average Bonchev–Trinajstić information content (AvgIpc) is 2.82. The molecule has 3 aromatic rings. The van der Waals surface area contributed by atoms with Crippen molar-refractivity contribution in [3.63, 3.8) is 0 Å². The van der Waals surface area contributed by atoms with Crippen molar-refractivity contribution in [1.29, 1.82) is 0 Å². The van der Waals surface area contributed by atoms with Crippen LogP contribution in [0.1, 0.15) is 54.5 Å². The molecular formula is C27H32O4. The Morgan fingerprint density at radius 1 is 0.839 bits per heavy atom. The summed E-state index contributed by atoms with van der Waals surface area (Å²) in [5.74, 6) is 0.803. The van der Waals surface area contributed by atoms with Crippen LogP contribution in [0, 0.1) is 6.92 Å². The van der Waals surface area contributed by atoms with Crippen LogP contribution in [-0.2, 0) is 25.4 Å². The van der Waals surface area contributed by atoms with Gasteiger partial charge in [-0.1, -0.05) is 62.4 Å². The van der Waals surface area contributed by atoms with E-state index in [0.717, 1.165) is 39.1 Å². The van der Waals surface area contributed by atoms with Crippen LogP contribution in [0.5, 0.6) is 5.75 Å². The third-order valence-electron chi connectivity index (χ3n) is 6.19. The molecule has 0 heterocycles. The molecule has 0 aliphatic heterocycles. The lowest BCUT2D eigenvalue weighted by Gasteiger charge is -2.26. The molecule has 0 saturated heterocycles. The third-order valence-corrected chi connectivity index (χ3v) is 6.19. The molecule has 0 fully saturated rings. The summed E-state index contributed by atoms with van der Waals surface area (Å²) in [6.45, 7) is 6.22. The van der Waals surface area contributed by atoms with Crippen LogP contribution >= 0.6 is 0 Å². The normalized spacial score (nSPS) is 11.5. The fraction of sp³-hybridized carbons (Fsp3) is 0.333. The number of aliphatic hydroxyl groups excluding tert-OH is 2. The number of rotatable bonds is 9. The smallest absolute Gasteiger partial charge is 0.123 e. The minimum atomic E-state index is -0.780. The van der Waals surface area contributed by atoms with E-state index in [1.807, 2.05) is 63.2 Å². The molecule has 0 atom stereocenters. The lowest BCUT2D eigenvalue weighted by molar-refractivity contribution is 0.0284. The summed E-state index contributed by atoms with van der Waals surface area (Å²) in [5.41, 5.74) is 5.76. The van der Waals surface area contributed by atoms with Gasteiger partial charge < -0.3 is 20.1 Å². The van der Waals surface area contributed by atoms with Crippen LogP contribution in [0.15, 0.2) is 60.7 Å². The molecule has 0 amide bonds. The minimum Gasteiger partial charge on any atom is -0.489 e. The predicted molar refractivity (Wildman–Crippen MR) is 124 cm³/mol. The molecule has 4 heteroatoms. The zero-order chi connectivity index (χ0) is 22.4. The molecule has 0 bridgehead atoms. The first-order valence-corrected chi connectivity index (χ1v) is 10.8. The fourth-order valence-corrected chi connectivity index (χ4v) is 3.93. The number of hydrogen-bond acceptors (Lipinski definition) is 4. The van der Waals surface area contributed by atoms with Gasteiger partial charge in [0.05, 0.1) is 18.8 Å². The van der Waals surface area contributed by atoms with Gasteiger partial charge in [-0.2, -0.15) is 0 Å². The highest BCUT2D eigenvalue weighted by atomic mass is 16.5. The summed E-state index contributed by atoms with van der Waals surface area (Å²) >= 11 is 0. The highest BCUT2D eigenvalue weighted by Crippen LogP contribution is 2.33. The van der Waals surface area contributed by atoms with Gasteiger partial charge in [0.25, 0.3) is 0 Å². The molecular weight excluding hydrogens is 388 g/mol. The molecule has 0 aliphatic rings. The summed E-state index contributed by atoms with van der Waals surface area (Å²) in [4.78, 5) is 0. The molecule has 0 unspecified atom stereocenters. The van der Waals surface area contributed by atoms with Crippen LogP contribution in [0.2, 0.25) is 0 Å². The molecule has 0 spiro atoms. The molecule has 4 nitrogen and oxygen atoms in total. The Morgan fingerprint density at radius 2 is 1.52 bits per heavy atom. The molecule has 0 aliphatic carbocycles. The molecule has 164 valence electrons. The molecule has 3 rings (SSSR count). The summed E-state index contributed by atoms with van der Waals surface area (Å²) in [5, 5.41) is 29.6. The molecule has 3 aromatic carbocycles. The summed E-state index contributed by atoms with van der Waals surface area (Å²) < 4.78 is 6.09. The topological polar surface area (TPSA) is 69.9 Å². The Kier molecular flexibility index (Phi) is 7.50. The van der Waals surface area contributed by atoms with E-state index in [0.29, 0.717) is 25.0 Å². The first-order chi connectivity index (χ1) is 15.0. The average molecular weight is 421 g/mol. The van der Waals surface area contributed by atoms with Gasteiger partial charge in [0.2, 0.25) is 0 Å². The van der Waals surface area contributed by atoms with Crippen molar-refractivity contribution in [2.45, 2.75) is 59.0 Å². The second-order valence-electron chi connectivity index (χ2n) is 7.95. The third kappa shape index (κ3) is 4.99. The number of hydrogen-bond donors (Lipinski definition) is 3. The Labute approximate surface area is 184 Å². The van der Waals surface area contributed by atoms with Crippen molar-refractivity contribution in [3.8, 4) is 16.9 Å². The molecule has 3 N–H and O–H groups in total. The van der Waals surface area contributed by atoms with Crippen LogP contribution in [0.25, 0.3) is 11.1 Å². The zero-order valence-electron chi connectivity index (χ0n) is 18.6. The van der Waals surface area contributed by atoms with Gasteiger partial charge in [-0.25, -0.2) is 0 Å². The first kappa shape index (κ1) is 23.0. The van der Waals surface area contributed by atoms with E-state index < -0.39 is 5.60 Å². The quantitative estimate of drug-likeness (QED) is 0.443. The Bertz CT molecular complexity index is 1000. The van der Waals surface area contributed by atoms with Crippen molar-refractivity contribution in [3.05, 3.63) is 88.5 Å². The number of benzene rings is 3. The van der Waals surface area contributed by atoms with Crippen molar-refractivity contribution in [1.82, 2.24) is 0 Å². The van der Waals surface area contributed by atoms with Gasteiger partial charge >= 0.3 is 0 Å². The van der Waals surface area contributed by atoms with Gasteiger partial charge in [0.1, 0.15) is 12.4 Å². The summed E-state index contributed by atoms with van der Waals surface area (Å²) in [6.07, 6.45) is 1.37. The first-order valence-electron chi connectivity index (χ1n) is 10.8. The zero-order valence-corrected chi connectivity index (χ0v) is 18.6. The highest BCUT2D eigenvalue weighted by molar-refractivity contribution is 5.70. The van der Waals surface area contributed by atoms with E-state index in [1.54, 1.807) is 0 Å². The monoisotopic (exact) mass is 420 g/mol.